The van der Waals surface area contributed by atoms with Crippen LogP contribution in [0.1, 0.15) is 50.1 Å². The van der Waals surface area contributed by atoms with Crippen LogP contribution >= 0.6 is 23.2 Å². The number of nitrogens with one attached hydrogen (secondary N) is 3. The third-order valence-electron chi connectivity index (χ3n) is 8.37. The summed E-state index contributed by atoms with van der Waals surface area (Å²) in [5, 5.41) is 19.5. The number of nitrogens with two attached hydrogens (primary N) is 1. The predicted molar refractivity (Wildman–Crippen MR) is 174 cm³/mol. The number of hydrogen-bond donors (Lipinski definition) is 4. The van der Waals surface area contributed by atoms with E-state index in [2.05, 4.69) is 27.0 Å². The molecule has 3 amide bonds. The van der Waals surface area contributed by atoms with Gasteiger partial charge in [0.1, 0.15) is 5.52 Å². The Morgan fingerprint density at radius 1 is 1.02 bits per heavy atom. The lowest BCUT2D eigenvalue weighted by molar-refractivity contribution is -0.122. The second-order valence-corrected chi connectivity index (χ2v) is 12.2. The van der Waals surface area contributed by atoms with Gasteiger partial charge in [0.2, 0.25) is 17.8 Å². The van der Waals surface area contributed by atoms with Gasteiger partial charge in [-0.05, 0) is 62.8 Å². The minimum absolute atomic E-state index is 0.0290. The van der Waals surface area contributed by atoms with Crippen molar-refractivity contribution in [2.45, 2.75) is 50.6 Å². The fourth-order valence-corrected chi connectivity index (χ4v) is 6.65. The van der Waals surface area contributed by atoms with Crippen molar-refractivity contribution in [2.24, 2.45) is 11.7 Å². The maximum Gasteiger partial charge on any atom is 0.321 e. The van der Waals surface area contributed by atoms with E-state index < -0.39 is 0 Å². The molecule has 1 saturated carbocycles. The van der Waals surface area contributed by atoms with Crippen LogP contribution in [-0.2, 0) is 4.79 Å². The number of urea groups is 1. The van der Waals surface area contributed by atoms with Gasteiger partial charge in [0.25, 0.3) is 0 Å². The summed E-state index contributed by atoms with van der Waals surface area (Å²) in [6.45, 7) is 1.16. The van der Waals surface area contributed by atoms with Crippen LogP contribution in [0.4, 0.5) is 28.1 Å². The molecule has 4 aromatic rings. The Morgan fingerprint density at radius 2 is 1.76 bits per heavy atom. The highest BCUT2D eigenvalue weighted by atomic mass is 35.5. The minimum Gasteiger partial charge on any atom is -0.369 e. The molecule has 3 heterocycles. The summed E-state index contributed by atoms with van der Waals surface area (Å²) >= 11 is 13.0. The Kier molecular flexibility index (Phi) is 8.91. The van der Waals surface area contributed by atoms with Crippen LogP contribution in [0.25, 0.3) is 11.2 Å². The Morgan fingerprint density at radius 3 is 2.44 bits per heavy atom. The number of carbonyl (C=O) groups is 2. The third kappa shape index (κ3) is 6.74. The molecule has 2 aromatic carbocycles. The monoisotopic (exact) mass is 646 g/mol. The van der Waals surface area contributed by atoms with Gasteiger partial charge in [-0.25, -0.2) is 14.8 Å². The smallest absolute Gasteiger partial charge is 0.321 e. The standard InChI is InChI=1S/C31H32Cl2N10O2/c32-23-13-18(15-34)14-24(33)26(23)40-30-39-25-16-36-29(41-28(25)43(30)22-10-8-19(9-11-22)27(35)44)37-21-7-4-12-42(17-21)31(45)38-20-5-2-1-3-6-20/h1-3,5-6,13-14,16,19,21-22H,4,7-12,17H2,(H2,35,44)(H,38,45)(H,39,40)(H,36,37,41)/t19-,21-,22-/m1/s1. The van der Waals surface area contributed by atoms with Crippen molar-refractivity contribution in [2.75, 3.05) is 29.0 Å². The van der Waals surface area contributed by atoms with E-state index >= 15 is 0 Å². The molecule has 0 unspecified atom stereocenters. The number of hydrogen-bond acceptors (Lipinski definition) is 8. The first-order valence-electron chi connectivity index (χ1n) is 14.9. The van der Waals surface area contributed by atoms with E-state index in [1.807, 2.05) is 34.9 Å². The highest BCUT2D eigenvalue weighted by Crippen LogP contribution is 2.39. The minimum atomic E-state index is -0.286. The van der Waals surface area contributed by atoms with Crippen molar-refractivity contribution in [3.05, 3.63) is 64.3 Å². The SMILES string of the molecule is N#Cc1cc(Cl)c(Nc2nc3cnc(N[C@@H]4CCCN(C(=O)Nc5ccccc5)C4)nc3n2[C@H]2CC[C@H](C(N)=O)CC2)c(Cl)c1. The van der Waals surface area contributed by atoms with E-state index in [-0.39, 0.29) is 40.0 Å². The van der Waals surface area contributed by atoms with Crippen LogP contribution in [0.3, 0.4) is 0 Å². The van der Waals surface area contributed by atoms with Gasteiger partial charge in [-0.1, -0.05) is 41.4 Å². The zero-order valence-electron chi connectivity index (χ0n) is 24.3. The van der Waals surface area contributed by atoms with Gasteiger partial charge in [0, 0.05) is 36.8 Å². The van der Waals surface area contributed by atoms with Crippen molar-refractivity contribution in [1.29, 1.82) is 5.26 Å². The van der Waals surface area contributed by atoms with E-state index in [0.717, 1.165) is 18.5 Å². The number of aromatic nitrogens is 4. The van der Waals surface area contributed by atoms with Crippen LogP contribution in [0, 0.1) is 17.2 Å². The summed E-state index contributed by atoms with van der Waals surface area (Å²) < 4.78 is 2.00. The number of likely N-dealkylation sites (tertiary alicyclic amines) is 1. The van der Waals surface area contributed by atoms with Crippen LogP contribution in [0.15, 0.2) is 48.7 Å². The van der Waals surface area contributed by atoms with Gasteiger partial charge in [-0.15, -0.1) is 0 Å². The molecule has 0 spiro atoms. The summed E-state index contributed by atoms with van der Waals surface area (Å²) in [7, 11) is 0. The molecule has 12 nitrogen and oxygen atoms in total. The van der Waals surface area contributed by atoms with E-state index in [0.29, 0.717) is 73.1 Å². The lowest BCUT2D eigenvalue weighted by Crippen LogP contribution is -2.47. The van der Waals surface area contributed by atoms with E-state index in [9.17, 15) is 14.9 Å². The summed E-state index contributed by atoms with van der Waals surface area (Å²) in [4.78, 5) is 40.8. The molecule has 14 heteroatoms. The molecule has 2 fully saturated rings. The molecular formula is C31H32Cl2N10O2. The number of nitriles is 1. The summed E-state index contributed by atoms with van der Waals surface area (Å²) in [5.41, 5.74) is 8.28. The lowest BCUT2D eigenvalue weighted by atomic mass is 9.85. The first-order valence-corrected chi connectivity index (χ1v) is 15.6. The second kappa shape index (κ2) is 13.2. The maximum atomic E-state index is 12.9. The van der Waals surface area contributed by atoms with Crippen molar-refractivity contribution >= 4 is 69.6 Å². The average Bonchev–Trinajstić information content (AvgIpc) is 3.40. The van der Waals surface area contributed by atoms with Gasteiger partial charge in [-0.2, -0.15) is 10.2 Å². The quantitative estimate of drug-likeness (QED) is 0.187. The van der Waals surface area contributed by atoms with Crippen LogP contribution < -0.4 is 21.7 Å². The number of piperidine rings is 1. The predicted octanol–water partition coefficient (Wildman–Crippen LogP) is 6.07. The number of benzene rings is 2. The number of halogens is 2. The van der Waals surface area contributed by atoms with Crippen LogP contribution in [0.5, 0.6) is 0 Å². The molecule has 1 aliphatic carbocycles. The highest BCUT2D eigenvalue weighted by Gasteiger charge is 2.30. The largest absolute Gasteiger partial charge is 0.369 e. The summed E-state index contributed by atoms with van der Waals surface area (Å²) in [5.74, 6) is 0.431. The van der Waals surface area contributed by atoms with E-state index in [4.69, 9.17) is 38.9 Å². The zero-order valence-corrected chi connectivity index (χ0v) is 25.9. The topological polar surface area (TPSA) is 167 Å². The number of carbonyl (C=O) groups excluding carboxylic acids is 2. The second-order valence-electron chi connectivity index (χ2n) is 11.4. The molecule has 0 bridgehead atoms. The highest BCUT2D eigenvalue weighted by molar-refractivity contribution is 6.39. The zero-order chi connectivity index (χ0) is 31.5. The Labute approximate surface area is 269 Å². The number of fused-ring (bicyclic) bond motifs is 1. The Bertz CT molecular complexity index is 1740. The van der Waals surface area contributed by atoms with Crippen LogP contribution in [0.2, 0.25) is 10.0 Å². The van der Waals surface area contributed by atoms with Crippen molar-refractivity contribution < 1.29 is 9.59 Å². The van der Waals surface area contributed by atoms with Crippen molar-refractivity contribution in [1.82, 2.24) is 24.4 Å². The lowest BCUT2D eigenvalue weighted by Gasteiger charge is -2.33. The number of imidazole rings is 1. The molecule has 5 N–H and O–H groups in total. The van der Waals surface area contributed by atoms with Gasteiger partial charge in [0.15, 0.2) is 5.65 Å². The number of para-hydroxylation sites is 1. The Balaban J connectivity index is 1.27. The fourth-order valence-electron chi connectivity index (χ4n) is 6.07. The number of nitrogens with zero attached hydrogens (tertiary/aromatic N) is 6. The van der Waals surface area contributed by atoms with E-state index in [1.165, 1.54) is 12.1 Å². The molecule has 1 atom stereocenters. The van der Waals surface area contributed by atoms with Crippen LogP contribution in [-0.4, -0.2) is 55.5 Å². The number of primary amides is 1. The van der Waals surface area contributed by atoms with Gasteiger partial charge in [-0.3, -0.25) is 9.36 Å². The number of rotatable bonds is 7. The van der Waals surface area contributed by atoms with E-state index in [1.54, 1.807) is 11.1 Å². The first kappa shape index (κ1) is 30.4. The maximum absolute atomic E-state index is 12.9. The van der Waals surface area contributed by atoms with Crippen molar-refractivity contribution in [3.63, 3.8) is 0 Å². The van der Waals surface area contributed by atoms with Gasteiger partial charge in [0.05, 0.1) is 33.6 Å². The molecule has 1 aliphatic heterocycles. The molecule has 2 aromatic heterocycles. The van der Waals surface area contributed by atoms with Gasteiger partial charge >= 0.3 is 6.03 Å². The number of anilines is 4. The Hall–Kier alpha value is -4.60. The van der Waals surface area contributed by atoms with Crippen molar-refractivity contribution in [3.8, 4) is 6.07 Å². The molecular weight excluding hydrogens is 615 g/mol. The molecule has 2 aliphatic rings. The summed E-state index contributed by atoms with van der Waals surface area (Å²) in [6.07, 6.45) is 6.05. The molecule has 0 radical (unpaired) electrons. The number of amides is 3. The molecule has 232 valence electrons. The first-order chi connectivity index (χ1) is 21.8. The molecule has 1 saturated heterocycles. The normalized spacial score (nSPS) is 19.9. The average molecular weight is 648 g/mol. The molecule has 6 rings (SSSR count). The summed E-state index contributed by atoms with van der Waals surface area (Å²) in [6, 6.07) is 14.3. The third-order valence-corrected chi connectivity index (χ3v) is 8.97. The van der Waals surface area contributed by atoms with Gasteiger partial charge < -0.3 is 26.6 Å². The fraction of sp³-hybridized carbons (Fsp3) is 0.355. The molecule has 45 heavy (non-hydrogen) atoms.